The lowest BCUT2D eigenvalue weighted by Gasteiger charge is -2.21. The molecule has 1 aliphatic heterocycles. The number of benzene rings is 3. The summed E-state index contributed by atoms with van der Waals surface area (Å²) in [6.45, 7) is 0.254. The smallest absolute Gasteiger partial charge is 0.244 e. The number of nitrogens with one attached hydrogen (secondary N) is 1. The summed E-state index contributed by atoms with van der Waals surface area (Å²) in [7, 11) is 0. The average Bonchev–Trinajstić information content (AvgIpc) is 2.93. The number of para-hydroxylation sites is 3. The van der Waals surface area contributed by atoms with E-state index in [4.69, 9.17) is 4.74 Å². The monoisotopic (exact) mass is 418 g/mol. The van der Waals surface area contributed by atoms with E-state index in [1.165, 1.54) is 10.5 Å². The van der Waals surface area contributed by atoms with Gasteiger partial charge in [-0.1, -0.05) is 54.6 Å². The standard InChI is InChI=1S/C24H22N2O3S/c27-23(16-26-20-11-5-6-12-21(20)29-15-14-24(26)28)25-19-10-4-7-13-22(19)30-17-18-8-2-1-3-9-18/h1-13H,14-17H2,(H,25,27). The Bertz CT molecular complexity index is 1040. The van der Waals surface area contributed by atoms with E-state index in [2.05, 4.69) is 17.4 Å². The molecule has 0 bridgehead atoms. The largest absolute Gasteiger partial charge is 0.491 e. The first-order chi connectivity index (χ1) is 14.7. The number of fused-ring (bicyclic) bond motifs is 1. The minimum Gasteiger partial charge on any atom is -0.491 e. The zero-order valence-corrected chi connectivity index (χ0v) is 17.2. The van der Waals surface area contributed by atoms with E-state index >= 15 is 0 Å². The molecule has 3 aromatic carbocycles. The molecule has 1 heterocycles. The van der Waals surface area contributed by atoms with Gasteiger partial charge >= 0.3 is 0 Å². The number of ether oxygens (including phenoxy) is 1. The predicted octanol–water partition coefficient (Wildman–Crippen LogP) is 4.73. The molecule has 2 amide bonds. The van der Waals surface area contributed by atoms with E-state index in [1.54, 1.807) is 17.8 Å². The molecule has 0 fully saturated rings. The van der Waals surface area contributed by atoms with E-state index in [1.807, 2.05) is 60.7 Å². The Morgan fingerprint density at radius 1 is 0.967 bits per heavy atom. The molecule has 1 aliphatic rings. The van der Waals surface area contributed by atoms with E-state index in [-0.39, 0.29) is 24.8 Å². The van der Waals surface area contributed by atoms with Crippen molar-refractivity contribution in [2.24, 2.45) is 0 Å². The Kier molecular flexibility index (Phi) is 6.35. The molecule has 0 atom stereocenters. The molecule has 30 heavy (non-hydrogen) atoms. The van der Waals surface area contributed by atoms with Gasteiger partial charge < -0.3 is 10.1 Å². The highest BCUT2D eigenvalue weighted by Crippen LogP contribution is 2.32. The first-order valence-corrected chi connectivity index (χ1v) is 10.8. The molecule has 4 rings (SSSR count). The quantitative estimate of drug-likeness (QED) is 0.588. The van der Waals surface area contributed by atoms with Crippen molar-refractivity contribution in [1.29, 1.82) is 0 Å². The van der Waals surface area contributed by atoms with Crippen LogP contribution in [0.1, 0.15) is 12.0 Å². The van der Waals surface area contributed by atoms with Crippen molar-refractivity contribution in [3.63, 3.8) is 0 Å². The van der Waals surface area contributed by atoms with Crippen LogP contribution < -0.4 is 15.0 Å². The third kappa shape index (κ3) is 4.83. The fraction of sp³-hybridized carbons (Fsp3) is 0.167. The summed E-state index contributed by atoms with van der Waals surface area (Å²) in [4.78, 5) is 27.9. The molecule has 5 nitrogen and oxygen atoms in total. The number of rotatable bonds is 6. The molecule has 0 radical (unpaired) electrons. The number of carbonyl (C=O) groups excluding carboxylic acids is 2. The minimum absolute atomic E-state index is 0.0586. The molecular formula is C24H22N2O3S. The number of anilines is 2. The Morgan fingerprint density at radius 2 is 1.70 bits per heavy atom. The fourth-order valence-corrected chi connectivity index (χ4v) is 4.22. The molecule has 152 valence electrons. The summed E-state index contributed by atoms with van der Waals surface area (Å²) in [5.41, 5.74) is 2.59. The fourth-order valence-electron chi connectivity index (χ4n) is 3.26. The highest BCUT2D eigenvalue weighted by molar-refractivity contribution is 7.98. The van der Waals surface area contributed by atoms with Crippen molar-refractivity contribution in [2.75, 3.05) is 23.4 Å². The third-order valence-electron chi connectivity index (χ3n) is 4.73. The highest BCUT2D eigenvalue weighted by atomic mass is 32.2. The van der Waals surface area contributed by atoms with E-state index in [0.29, 0.717) is 18.0 Å². The summed E-state index contributed by atoms with van der Waals surface area (Å²) in [5, 5.41) is 2.97. The molecular weight excluding hydrogens is 396 g/mol. The normalized spacial score (nSPS) is 13.2. The minimum atomic E-state index is -0.243. The predicted molar refractivity (Wildman–Crippen MR) is 120 cm³/mol. The molecule has 0 aromatic heterocycles. The second-order valence-electron chi connectivity index (χ2n) is 6.86. The molecule has 0 aliphatic carbocycles. The Hall–Kier alpha value is -3.25. The molecule has 0 unspecified atom stereocenters. The average molecular weight is 419 g/mol. The first-order valence-electron chi connectivity index (χ1n) is 9.78. The molecule has 3 aromatic rings. The van der Waals surface area contributed by atoms with Crippen LogP contribution in [-0.2, 0) is 15.3 Å². The third-order valence-corrected chi connectivity index (χ3v) is 5.88. The van der Waals surface area contributed by atoms with Gasteiger partial charge in [-0.3, -0.25) is 14.5 Å². The van der Waals surface area contributed by atoms with Crippen LogP contribution in [0.15, 0.2) is 83.8 Å². The second-order valence-corrected chi connectivity index (χ2v) is 7.88. The van der Waals surface area contributed by atoms with Gasteiger partial charge in [-0.25, -0.2) is 0 Å². The lowest BCUT2D eigenvalue weighted by Crippen LogP contribution is -2.37. The molecule has 0 spiro atoms. The Labute approximate surface area is 180 Å². The van der Waals surface area contributed by atoms with Crippen LogP contribution in [-0.4, -0.2) is 25.0 Å². The first kappa shape index (κ1) is 20.0. The van der Waals surface area contributed by atoms with Crippen LogP contribution in [0.2, 0.25) is 0 Å². The van der Waals surface area contributed by atoms with Gasteiger partial charge in [0.15, 0.2) is 0 Å². The maximum absolute atomic E-state index is 12.8. The van der Waals surface area contributed by atoms with Crippen LogP contribution in [0, 0.1) is 0 Å². The number of hydrogen-bond donors (Lipinski definition) is 1. The second kappa shape index (κ2) is 9.50. The van der Waals surface area contributed by atoms with E-state index < -0.39 is 0 Å². The highest BCUT2D eigenvalue weighted by Gasteiger charge is 2.25. The Balaban J connectivity index is 1.46. The lowest BCUT2D eigenvalue weighted by molar-refractivity contribution is -0.121. The Morgan fingerprint density at radius 3 is 2.57 bits per heavy atom. The maximum Gasteiger partial charge on any atom is 0.244 e. The maximum atomic E-state index is 12.8. The number of nitrogens with zero attached hydrogens (tertiary/aromatic N) is 1. The van der Waals surface area contributed by atoms with Gasteiger partial charge in [0, 0.05) is 10.6 Å². The van der Waals surface area contributed by atoms with Crippen molar-refractivity contribution in [3.8, 4) is 5.75 Å². The van der Waals surface area contributed by atoms with E-state index in [0.717, 1.165) is 16.3 Å². The van der Waals surface area contributed by atoms with Crippen molar-refractivity contribution in [3.05, 3.63) is 84.4 Å². The molecule has 1 N–H and O–H groups in total. The van der Waals surface area contributed by atoms with Crippen LogP contribution >= 0.6 is 11.8 Å². The van der Waals surface area contributed by atoms with Crippen LogP contribution in [0.3, 0.4) is 0 Å². The van der Waals surface area contributed by atoms with Gasteiger partial charge in [-0.05, 0) is 29.8 Å². The van der Waals surface area contributed by atoms with Crippen LogP contribution in [0.5, 0.6) is 5.75 Å². The number of hydrogen-bond acceptors (Lipinski definition) is 4. The number of thioether (sulfide) groups is 1. The van der Waals surface area contributed by atoms with E-state index in [9.17, 15) is 9.59 Å². The van der Waals surface area contributed by atoms with Gasteiger partial charge in [-0.15, -0.1) is 11.8 Å². The molecule has 6 heteroatoms. The van der Waals surface area contributed by atoms with Crippen molar-refractivity contribution in [2.45, 2.75) is 17.1 Å². The van der Waals surface area contributed by atoms with Crippen LogP contribution in [0.25, 0.3) is 0 Å². The summed E-state index contributed by atoms with van der Waals surface area (Å²) < 4.78 is 5.64. The van der Waals surface area contributed by atoms with Gasteiger partial charge in [0.1, 0.15) is 12.3 Å². The van der Waals surface area contributed by atoms with Gasteiger partial charge in [-0.2, -0.15) is 0 Å². The summed E-state index contributed by atoms with van der Waals surface area (Å²) >= 11 is 1.67. The van der Waals surface area contributed by atoms with Crippen LogP contribution in [0.4, 0.5) is 11.4 Å². The van der Waals surface area contributed by atoms with Crippen molar-refractivity contribution in [1.82, 2.24) is 0 Å². The topological polar surface area (TPSA) is 58.6 Å². The van der Waals surface area contributed by atoms with Gasteiger partial charge in [0.05, 0.1) is 24.4 Å². The summed E-state index contributed by atoms with van der Waals surface area (Å²) in [6.07, 6.45) is 0.242. The van der Waals surface area contributed by atoms with Crippen molar-refractivity contribution >= 4 is 35.0 Å². The number of amides is 2. The van der Waals surface area contributed by atoms with Gasteiger partial charge in [0.2, 0.25) is 11.8 Å². The van der Waals surface area contributed by atoms with Gasteiger partial charge in [0.25, 0.3) is 0 Å². The van der Waals surface area contributed by atoms with Crippen molar-refractivity contribution < 1.29 is 14.3 Å². The lowest BCUT2D eigenvalue weighted by atomic mass is 10.2. The summed E-state index contributed by atoms with van der Waals surface area (Å²) in [5.74, 6) is 1.06. The number of carbonyl (C=O) groups is 2. The SMILES string of the molecule is O=C(CN1C(=O)CCOc2ccccc21)Nc1ccccc1SCc1ccccc1. The molecule has 0 saturated carbocycles. The molecule has 0 saturated heterocycles. The summed E-state index contributed by atoms with van der Waals surface area (Å²) in [6, 6.07) is 25.2. The zero-order valence-electron chi connectivity index (χ0n) is 16.4. The zero-order chi connectivity index (χ0) is 20.8.